The van der Waals surface area contributed by atoms with Crippen molar-refractivity contribution in [2.45, 2.75) is 37.7 Å². The lowest BCUT2D eigenvalue weighted by atomic mass is 10.1. The number of carbonyl (C=O) groups excluding carboxylic acids is 1. The largest absolute Gasteiger partial charge is 0.474 e. The summed E-state index contributed by atoms with van der Waals surface area (Å²) in [5.74, 6) is 1.14. The summed E-state index contributed by atoms with van der Waals surface area (Å²) >= 11 is 0. The summed E-state index contributed by atoms with van der Waals surface area (Å²) in [6.07, 6.45) is 1.41. The van der Waals surface area contributed by atoms with E-state index in [0.717, 1.165) is 5.69 Å². The van der Waals surface area contributed by atoms with Crippen molar-refractivity contribution < 1.29 is 22.7 Å². The van der Waals surface area contributed by atoms with Crippen LogP contribution >= 0.6 is 0 Å². The predicted molar refractivity (Wildman–Crippen MR) is 117 cm³/mol. The van der Waals surface area contributed by atoms with Gasteiger partial charge in [0.25, 0.3) is 5.91 Å². The average Bonchev–Trinajstić information content (AvgIpc) is 2.79. The molecule has 1 aromatic carbocycles. The number of likely N-dealkylation sites (tertiary alicyclic amines) is 1. The second-order valence-electron chi connectivity index (χ2n) is 8.05. The van der Waals surface area contributed by atoms with Crippen LogP contribution in [0, 0.1) is 13.8 Å². The van der Waals surface area contributed by atoms with Crippen LogP contribution < -0.4 is 4.74 Å². The van der Waals surface area contributed by atoms with Crippen molar-refractivity contribution in [3.8, 4) is 5.88 Å². The third-order valence-corrected chi connectivity index (χ3v) is 7.58. The van der Waals surface area contributed by atoms with Gasteiger partial charge in [0.1, 0.15) is 11.9 Å². The van der Waals surface area contributed by atoms with Crippen molar-refractivity contribution in [2.75, 3.05) is 39.4 Å². The van der Waals surface area contributed by atoms with E-state index in [4.69, 9.17) is 9.47 Å². The number of nitrogens with zero attached hydrogens (tertiary/aromatic N) is 4. The monoisotopic (exact) mass is 460 g/mol. The van der Waals surface area contributed by atoms with E-state index in [0.29, 0.717) is 69.5 Å². The Labute approximate surface area is 188 Å². The average molecular weight is 461 g/mol. The van der Waals surface area contributed by atoms with Crippen LogP contribution in [0.15, 0.2) is 35.2 Å². The summed E-state index contributed by atoms with van der Waals surface area (Å²) in [7, 11) is -3.57. The Morgan fingerprint density at radius 3 is 2.31 bits per heavy atom. The lowest BCUT2D eigenvalue weighted by Crippen LogP contribution is -2.42. The van der Waals surface area contributed by atoms with Gasteiger partial charge in [0, 0.05) is 56.3 Å². The van der Waals surface area contributed by atoms with Crippen molar-refractivity contribution >= 4 is 15.9 Å². The van der Waals surface area contributed by atoms with Gasteiger partial charge in [-0.3, -0.25) is 4.79 Å². The highest BCUT2D eigenvalue weighted by Gasteiger charge is 2.28. The van der Waals surface area contributed by atoms with Gasteiger partial charge >= 0.3 is 0 Å². The molecule has 9 nitrogen and oxygen atoms in total. The third kappa shape index (κ3) is 5.08. The van der Waals surface area contributed by atoms with Gasteiger partial charge in [0.2, 0.25) is 15.9 Å². The third-order valence-electron chi connectivity index (χ3n) is 5.67. The highest BCUT2D eigenvalue weighted by molar-refractivity contribution is 7.89. The molecule has 0 bridgehead atoms. The molecule has 4 rings (SSSR count). The number of hydrogen-bond donors (Lipinski definition) is 0. The van der Waals surface area contributed by atoms with Crippen LogP contribution in [0.5, 0.6) is 5.88 Å². The number of rotatable bonds is 5. The fourth-order valence-corrected chi connectivity index (χ4v) is 5.39. The smallest absolute Gasteiger partial charge is 0.253 e. The van der Waals surface area contributed by atoms with Gasteiger partial charge in [-0.2, -0.15) is 9.29 Å². The molecular formula is C22H28N4O5S. The second kappa shape index (κ2) is 9.51. The van der Waals surface area contributed by atoms with Gasteiger partial charge in [0.05, 0.1) is 18.1 Å². The number of piperidine rings is 1. The van der Waals surface area contributed by atoms with E-state index in [1.54, 1.807) is 17.0 Å². The minimum Gasteiger partial charge on any atom is -0.474 e. The molecule has 0 spiro atoms. The van der Waals surface area contributed by atoms with Crippen molar-refractivity contribution in [1.82, 2.24) is 19.2 Å². The first kappa shape index (κ1) is 22.6. The first-order chi connectivity index (χ1) is 15.3. The molecule has 2 aromatic rings. The highest BCUT2D eigenvalue weighted by Crippen LogP contribution is 2.21. The maximum absolute atomic E-state index is 12.9. The van der Waals surface area contributed by atoms with E-state index in [2.05, 4.69) is 9.97 Å². The number of morpholine rings is 1. The van der Waals surface area contributed by atoms with Crippen LogP contribution in [0.2, 0.25) is 0 Å². The van der Waals surface area contributed by atoms with Crippen LogP contribution in [0.25, 0.3) is 0 Å². The van der Waals surface area contributed by atoms with E-state index < -0.39 is 10.0 Å². The molecule has 2 fully saturated rings. The maximum Gasteiger partial charge on any atom is 0.253 e. The molecule has 2 aliphatic rings. The lowest BCUT2D eigenvalue weighted by Gasteiger charge is -2.32. The molecular weight excluding hydrogens is 432 g/mol. The Kier molecular flexibility index (Phi) is 6.73. The van der Waals surface area contributed by atoms with Crippen LogP contribution in [-0.2, 0) is 14.8 Å². The predicted octanol–water partition coefficient (Wildman–Crippen LogP) is 1.80. The van der Waals surface area contributed by atoms with Crippen molar-refractivity contribution in [3.05, 3.63) is 47.4 Å². The molecule has 1 amide bonds. The Balaban J connectivity index is 1.35. The molecule has 2 saturated heterocycles. The Hall–Kier alpha value is -2.56. The lowest BCUT2D eigenvalue weighted by molar-refractivity contribution is 0.0587. The van der Waals surface area contributed by atoms with E-state index in [1.165, 1.54) is 16.4 Å². The van der Waals surface area contributed by atoms with Gasteiger partial charge in [-0.15, -0.1) is 0 Å². The van der Waals surface area contributed by atoms with Gasteiger partial charge < -0.3 is 14.4 Å². The fraction of sp³-hybridized carbons (Fsp3) is 0.500. The molecule has 0 saturated carbocycles. The summed E-state index contributed by atoms with van der Waals surface area (Å²) in [6.45, 7) is 6.35. The Morgan fingerprint density at radius 1 is 1.03 bits per heavy atom. The summed E-state index contributed by atoms with van der Waals surface area (Å²) in [6, 6.07) is 8.01. The first-order valence-corrected chi connectivity index (χ1v) is 12.2. The van der Waals surface area contributed by atoms with Crippen LogP contribution in [0.1, 0.15) is 34.7 Å². The molecule has 0 radical (unpaired) electrons. The van der Waals surface area contributed by atoms with Crippen molar-refractivity contribution in [2.24, 2.45) is 0 Å². The van der Waals surface area contributed by atoms with Crippen molar-refractivity contribution in [1.29, 1.82) is 0 Å². The Morgan fingerprint density at radius 2 is 1.69 bits per heavy atom. The van der Waals surface area contributed by atoms with E-state index in [9.17, 15) is 13.2 Å². The van der Waals surface area contributed by atoms with Gasteiger partial charge in [-0.25, -0.2) is 13.4 Å². The van der Waals surface area contributed by atoms with Gasteiger partial charge in [0.15, 0.2) is 0 Å². The molecule has 0 unspecified atom stereocenters. The van der Waals surface area contributed by atoms with E-state index >= 15 is 0 Å². The maximum atomic E-state index is 12.9. The standard InChI is InChI=1S/C22H28N4O5S/c1-16-15-21(24-17(2)23-16)31-19-7-9-25(10-8-19)22(27)18-3-5-20(6-4-18)32(28,29)26-11-13-30-14-12-26/h3-6,15,19H,7-14H2,1-2H3. The molecule has 1 aromatic heterocycles. The number of ether oxygens (including phenoxy) is 2. The zero-order valence-electron chi connectivity index (χ0n) is 18.4. The number of benzene rings is 1. The van der Waals surface area contributed by atoms with Crippen LogP contribution in [0.4, 0.5) is 0 Å². The highest BCUT2D eigenvalue weighted by atomic mass is 32.2. The van der Waals surface area contributed by atoms with Crippen LogP contribution in [0.3, 0.4) is 0 Å². The second-order valence-corrected chi connectivity index (χ2v) is 9.98. The molecule has 10 heteroatoms. The quantitative estimate of drug-likeness (QED) is 0.670. The first-order valence-electron chi connectivity index (χ1n) is 10.8. The number of aromatic nitrogens is 2. The van der Waals surface area contributed by atoms with E-state index in [1.807, 2.05) is 19.9 Å². The normalized spacial score (nSPS) is 18.5. The summed E-state index contributed by atoms with van der Waals surface area (Å²) in [4.78, 5) is 23.4. The minimum atomic E-state index is -3.57. The van der Waals surface area contributed by atoms with Crippen LogP contribution in [-0.4, -0.2) is 79.0 Å². The van der Waals surface area contributed by atoms with Crippen molar-refractivity contribution in [3.63, 3.8) is 0 Å². The van der Waals surface area contributed by atoms with Gasteiger partial charge in [-0.05, 0) is 38.1 Å². The SMILES string of the molecule is Cc1cc(OC2CCN(C(=O)c3ccc(S(=O)(=O)N4CCOCC4)cc3)CC2)nc(C)n1. The van der Waals surface area contributed by atoms with Gasteiger partial charge in [-0.1, -0.05) is 0 Å². The molecule has 0 aliphatic carbocycles. The summed E-state index contributed by atoms with van der Waals surface area (Å²) in [5.41, 5.74) is 1.34. The molecule has 3 heterocycles. The zero-order valence-corrected chi connectivity index (χ0v) is 19.2. The topological polar surface area (TPSA) is 102 Å². The van der Waals surface area contributed by atoms with E-state index in [-0.39, 0.29) is 16.9 Å². The zero-order chi connectivity index (χ0) is 22.7. The summed E-state index contributed by atoms with van der Waals surface area (Å²) in [5, 5.41) is 0. The summed E-state index contributed by atoms with van der Waals surface area (Å²) < 4.78 is 38.1. The fourth-order valence-electron chi connectivity index (χ4n) is 3.98. The number of amides is 1. The number of hydrogen-bond acceptors (Lipinski definition) is 7. The minimum absolute atomic E-state index is 0.00575. The Bertz CT molecular complexity index is 1040. The number of carbonyl (C=O) groups is 1. The number of aryl methyl sites for hydroxylation is 2. The molecule has 0 atom stereocenters. The molecule has 32 heavy (non-hydrogen) atoms. The molecule has 0 N–H and O–H groups in total. The number of sulfonamides is 1. The molecule has 2 aliphatic heterocycles. The molecule has 172 valence electrons.